The molecule has 0 radical (unpaired) electrons. The minimum Gasteiger partial charge on any atom is -0.508 e. The smallest absolute Gasteiger partial charge is 0.330 e. The zero-order valence-electron chi connectivity index (χ0n) is 61.1. The average molecular weight is 1630 g/mol. The van der Waals surface area contributed by atoms with Crippen LogP contribution in [0.25, 0.3) is 11.1 Å². The van der Waals surface area contributed by atoms with Gasteiger partial charge < -0.3 is 143 Å². The average Bonchev–Trinajstić information content (AvgIpc) is 0.509. The van der Waals surface area contributed by atoms with Gasteiger partial charge in [0, 0.05) is 46.7 Å². The highest BCUT2D eigenvalue weighted by Crippen LogP contribution is 2.50. The Morgan fingerprint density at radius 3 is 1.79 bits per heavy atom. The van der Waals surface area contributed by atoms with Crippen LogP contribution in [-0.4, -0.2) is 215 Å². The second-order valence-corrected chi connectivity index (χ2v) is 30.1. The Morgan fingerprint density at radius 2 is 1.22 bits per heavy atom. The summed E-state index contributed by atoms with van der Waals surface area (Å²) in [6.45, 7) is 8.58. The van der Waals surface area contributed by atoms with Gasteiger partial charge in [-0.05, 0) is 124 Å². The first-order valence-electron chi connectivity index (χ1n) is 35.3. The molecule has 0 aromatic heterocycles. The number of phenolic OH excluding ortho intramolecular Hbond substituents is 3. The number of likely N-dealkylation sites (N-methyl/N-ethyl adjacent to an activating group) is 1. The predicted octanol–water partition coefficient (Wildman–Crippen LogP) is 0.765. The van der Waals surface area contributed by atoms with Crippen molar-refractivity contribution in [2.24, 2.45) is 23.1 Å². The molecular weight excluding hydrogens is 1540 g/mol. The van der Waals surface area contributed by atoms with E-state index in [0.29, 0.717) is 0 Å². The molecule has 5 aromatic rings. The Labute approximate surface area is 655 Å². The van der Waals surface area contributed by atoms with E-state index >= 15 is 19.2 Å². The maximum Gasteiger partial charge on any atom is 0.330 e. The molecule has 3 saturated heterocycles. The number of carbonyl (C=O) groups excluding carboxylic acids is 7. The molecule has 22 atom stereocenters. The van der Waals surface area contributed by atoms with Crippen molar-refractivity contribution in [1.82, 2.24) is 37.2 Å². The molecule has 112 heavy (non-hydrogen) atoms. The molecule has 14 unspecified atom stereocenters. The molecule has 0 saturated carbocycles. The lowest BCUT2D eigenvalue weighted by atomic mass is 9.86. The summed E-state index contributed by atoms with van der Waals surface area (Å²) >= 11 is 14.5. The van der Waals surface area contributed by atoms with Crippen molar-refractivity contribution in [2.75, 3.05) is 13.7 Å². The molecule has 0 aliphatic carbocycles. The van der Waals surface area contributed by atoms with Crippen LogP contribution >= 0.6 is 35.6 Å². The van der Waals surface area contributed by atoms with Crippen LogP contribution in [0.2, 0.25) is 10.0 Å². The van der Waals surface area contributed by atoms with Crippen LogP contribution in [0.1, 0.15) is 125 Å². The molecule has 23 N–H and O–H groups in total. The van der Waals surface area contributed by atoms with Crippen LogP contribution in [0.15, 0.2) is 78.9 Å². The van der Waals surface area contributed by atoms with Gasteiger partial charge in [0.2, 0.25) is 53.4 Å². The number of aliphatic hydroxyl groups is 6. The minimum absolute atomic E-state index is 0. The maximum atomic E-state index is 16.4. The number of carboxylic acids is 1. The van der Waals surface area contributed by atoms with E-state index < -0.39 is 261 Å². The number of halogens is 3. The van der Waals surface area contributed by atoms with E-state index in [-0.39, 0.29) is 65.0 Å². The third-order valence-corrected chi connectivity index (χ3v) is 20.7. The maximum absolute atomic E-state index is 16.4. The fourth-order valence-corrected chi connectivity index (χ4v) is 14.7. The van der Waals surface area contributed by atoms with Crippen molar-refractivity contribution in [3.8, 4) is 57.1 Å². The highest BCUT2D eigenvalue weighted by Gasteiger charge is 2.52. The molecule has 8 heterocycles. The summed E-state index contributed by atoms with van der Waals surface area (Å²) in [5.41, 5.74) is 13.3. The largest absolute Gasteiger partial charge is 0.508 e. The van der Waals surface area contributed by atoms with E-state index in [1.165, 1.54) is 65.1 Å². The topological polar surface area (TPSA) is 575 Å². The van der Waals surface area contributed by atoms with E-state index in [0.717, 1.165) is 48.5 Å². The number of fused-ring (bicyclic) bond motifs is 15. The first-order chi connectivity index (χ1) is 52.3. The number of aliphatic carboxylic acids is 1. The molecule has 36 nitrogen and oxygen atoms in total. The summed E-state index contributed by atoms with van der Waals surface area (Å²) < 4.78 is 51.7. The zero-order valence-corrected chi connectivity index (χ0v) is 63.4. The van der Waals surface area contributed by atoms with Crippen LogP contribution in [0.4, 0.5) is 0 Å². The van der Waals surface area contributed by atoms with Gasteiger partial charge in [-0.2, -0.15) is 0 Å². The molecule has 13 rings (SSSR count). The van der Waals surface area contributed by atoms with E-state index in [4.69, 9.17) is 78.3 Å². The number of hydrogen-bond donors (Lipinski definition) is 20. The Hall–Kier alpha value is -9.03. The molecule has 7 amide bonds. The minimum atomic E-state index is -2.38. The van der Waals surface area contributed by atoms with Crippen LogP contribution in [0.3, 0.4) is 0 Å². The number of hydrogen-bond acceptors (Lipinski definition) is 28. The number of ether oxygens (including phenoxy) is 8. The lowest BCUT2D eigenvalue weighted by molar-refractivity contribution is -0.333. The number of nitrogens with one attached hydrogen (secondary N) is 7. The molecular formula is C73H89Cl3N10O26. The second-order valence-electron chi connectivity index (χ2n) is 29.3. The van der Waals surface area contributed by atoms with Crippen LogP contribution in [0, 0.1) is 5.92 Å². The summed E-state index contributed by atoms with van der Waals surface area (Å²) in [6, 6.07) is -0.452. The summed E-state index contributed by atoms with van der Waals surface area (Å²) in [7, 11) is 1.47. The Morgan fingerprint density at radius 1 is 0.661 bits per heavy atom. The zero-order chi connectivity index (χ0) is 80.9. The number of carboxylic acid groups (broad SMARTS) is 1. The number of primary amides is 1. The van der Waals surface area contributed by atoms with Crippen LogP contribution in [-0.2, 0) is 62.0 Å². The van der Waals surface area contributed by atoms with Gasteiger partial charge in [-0.15, -0.1) is 12.4 Å². The number of benzene rings is 5. The van der Waals surface area contributed by atoms with Crippen molar-refractivity contribution in [2.45, 2.75) is 201 Å². The molecule has 5 aromatic carbocycles. The van der Waals surface area contributed by atoms with Crippen molar-refractivity contribution >= 4 is 82.9 Å². The summed E-state index contributed by atoms with van der Waals surface area (Å²) in [5.74, 6) is -16.1. The molecule has 11 bridgehead atoms. The van der Waals surface area contributed by atoms with Crippen LogP contribution in [0.5, 0.6) is 46.0 Å². The third kappa shape index (κ3) is 18.1. The molecule has 39 heteroatoms. The summed E-state index contributed by atoms with van der Waals surface area (Å²) in [6.07, 6.45) is -22.8. The Balaban J connectivity index is 0.0000133. The standard InChI is InChI=1S/C73H88Cl2N10O26.ClH/c1-26(2)14-38(79-7)64(96)84-54-56(91)30-9-12-42(36(74)16-30)106-44-18-32-19-45(60(44)111-71-61(58(93)57(92)46(25-86)108-71)110-49-24-73(6,78)63(95)28(4)105-49)107-43-13-10-31(17-37(43)75)59(109-48-23-72(5,77)62(94)27(3)104-48)55-69(101)83-53(70(102)103)35-20-33(87)21-41(89)50(35)34-15-29(8-11-40(34)88)51(66(98)85-55)82-67(99)52(32)81-65(97)39(22-47(76)90)80-68(54)100;/h8-13,15-21,26-28,38-39,46,48-49,51-59,61-63,71,79,86-89,91-95H,14,22-25,77-78H2,1-7H3,(H2,76,90)(H,80,100)(H,81,97)(H,82,99)(H,83,101)(H,84,96)(H,85,98)(H,102,103);1H/t27-,28-,38?,39-,46+,48?,49?,51+,52+,53-,54?,55-,56?,57?,58?,59?,61?,62?,63?,71?,72?,73?;/m0./s1. The van der Waals surface area contributed by atoms with Gasteiger partial charge in [-0.25, -0.2) is 4.79 Å². The highest BCUT2D eigenvalue weighted by molar-refractivity contribution is 6.32. The van der Waals surface area contributed by atoms with Crippen LogP contribution < -0.4 is 68.6 Å². The highest BCUT2D eigenvalue weighted by atomic mass is 35.5. The molecule has 8 aliphatic rings. The Bertz CT molecular complexity index is 4430. The third-order valence-electron chi connectivity index (χ3n) is 20.1. The van der Waals surface area contributed by atoms with Gasteiger partial charge >= 0.3 is 5.97 Å². The number of rotatable bonds is 15. The lowest BCUT2D eigenvalue weighted by Crippen LogP contribution is -2.64. The lowest BCUT2D eigenvalue weighted by Gasteiger charge is -2.47. The van der Waals surface area contributed by atoms with Crippen molar-refractivity contribution < 1.29 is 127 Å². The van der Waals surface area contributed by atoms with Gasteiger partial charge in [0.05, 0.1) is 53.5 Å². The van der Waals surface area contributed by atoms with Crippen molar-refractivity contribution in [3.63, 3.8) is 0 Å². The number of nitrogens with two attached hydrogens (primary N) is 3. The second kappa shape index (κ2) is 34.3. The predicted molar refractivity (Wildman–Crippen MR) is 393 cm³/mol. The van der Waals surface area contributed by atoms with Gasteiger partial charge in [-0.3, -0.25) is 33.6 Å². The van der Waals surface area contributed by atoms with E-state index in [1.807, 2.05) is 13.8 Å². The quantitative estimate of drug-likeness (QED) is 0.0688. The van der Waals surface area contributed by atoms with Gasteiger partial charge in [0.15, 0.2) is 36.2 Å². The number of carbonyl (C=O) groups is 8. The molecule has 0 spiro atoms. The number of aliphatic hydroxyl groups excluding tert-OH is 6. The molecule has 8 aliphatic heterocycles. The fourth-order valence-electron chi connectivity index (χ4n) is 14.3. The van der Waals surface area contributed by atoms with Gasteiger partial charge in [-0.1, -0.05) is 55.2 Å². The monoisotopic (exact) mass is 1630 g/mol. The SMILES string of the molecule is CNC(CC(C)C)C(=O)NC1C(=O)N[C@@H](CC(N)=O)C(=O)N[C@H]2C(=O)N[C@H]3C(=O)N[C@H](C(=O)N[C@H](C(=O)O)c4cc(O)cc(O)c4-c4cc3ccc4O)C(OC3CC(C)(N)C(O)[C@H](C)O3)c3ccc(c(Cl)c3)Oc3cc2cc(c3OC2O[C@H](CO)C(O)C(O)C2OC2CC(C)(N)C(O)[C@H](C)O2)Oc2ccc(cc2Cl)C1O.Cl. The summed E-state index contributed by atoms with van der Waals surface area (Å²) in [5, 5.41) is 131. The first kappa shape index (κ1) is 85.4. The molecule has 3 fully saturated rings. The van der Waals surface area contributed by atoms with Crippen molar-refractivity contribution in [3.05, 3.63) is 117 Å². The van der Waals surface area contributed by atoms with E-state index in [1.54, 1.807) is 0 Å². The van der Waals surface area contributed by atoms with Gasteiger partial charge in [0.1, 0.15) is 89.5 Å². The first-order valence-corrected chi connectivity index (χ1v) is 36.1. The Kier molecular flexibility index (Phi) is 26.2. The normalized spacial score (nSPS) is 31.8. The van der Waals surface area contributed by atoms with E-state index in [2.05, 4.69) is 37.2 Å². The number of amides is 7. The van der Waals surface area contributed by atoms with E-state index in [9.17, 15) is 70.2 Å². The van der Waals surface area contributed by atoms with Crippen molar-refractivity contribution in [1.29, 1.82) is 0 Å². The summed E-state index contributed by atoms with van der Waals surface area (Å²) in [4.78, 5) is 120. The fraction of sp³-hybridized carbons (Fsp3) is 0.479. The molecule has 608 valence electrons. The van der Waals surface area contributed by atoms with Gasteiger partial charge in [0.25, 0.3) is 0 Å². The number of aromatic hydroxyl groups is 3. The number of phenols is 3.